The minimum Gasteiger partial charge on any atom is -0.504 e. The lowest BCUT2D eigenvalue weighted by Crippen LogP contribution is -2.61. The molecule has 7 N–H and O–H groups in total. The van der Waals surface area contributed by atoms with Gasteiger partial charge >= 0.3 is 17.9 Å². The van der Waals surface area contributed by atoms with Crippen molar-refractivity contribution in [2.75, 3.05) is 13.2 Å². The second-order valence-corrected chi connectivity index (χ2v) is 9.20. The minimum atomic E-state index is -1.90. The smallest absolute Gasteiger partial charge is 0.333 e. The Morgan fingerprint density at radius 1 is 0.814 bits per heavy atom. The molecule has 0 saturated carbocycles. The van der Waals surface area contributed by atoms with Crippen LogP contribution in [0.5, 0.6) is 23.0 Å². The zero-order valence-electron chi connectivity index (χ0n) is 22.5. The highest BCUT2D eigenvalue weighted by molar-refractivity contribution is 5.88. The molecule has 14 heteroatoms. The molecule has 1 aliphatic rings. The fourth-order valence-electron chi connectivity index (χ4n) is 3.70. The molecular weight excluding hydrogens is 572 g/mol. The van der Waals surface area contributed by atoms with Crippen molar-refractivity contribution in [1.82, 2.24) is 0 Å². The van der Waals surface area contributed by atoms with Crippen LogP contribution < -0.4 is 0 Å². The first-order valence-corrected chi connectivity index (χ1v) is 12.7. The molecule has 2 aromatic carbocycles. The molecule has 0 aliphatic carbocycles. The molecule has 43 heavy (non-hydrogen) atoms. The Bertz CT molecular complexity index is 1400. The zero-order valence-corrected chi connectivity index (χ0v) is 22.5. The molecule has 2 aromatic rings. The summed E-state index contributed by atoms with van der Waals surface area (Å²) in [6, 6.07) is 7.46. The zero-order chi connectivity index (χ0) is 31.7. The van der Waals surface area contributed by atoms with Gasteiger partial charge in [0.2, 0.25) is 6.29 Å². The Kier molecular flexibility index (Phi) is 11.3. The van der Waals surface area contributed by atoms with Gasteiger partial charge in [-0.2, -0.15) is 0 Å². The summed E-state index contributed by atoms with van der Waals surface area (Å²) in [5, 5.41) is 68.4. The normalized spacial score (nSPS) is 21.9. The molecular formula is C29H30O14. The SMILES string of the molecule is C=C(CCO)C(=O)OC[C@H]1O[C@@H](OC(=O)/C=C/c2ccc(O)c(O)c2)[C@H](OC(=O)/C=C/c2ccc(O)c(O)c2)[C@@H](O)[C@@H]1O. The van der Waals surface area contributed by atoms with Gasteiger partial charge in [-0.1, -0.05) is 18.7 Å². The summed E-state index contributed by atoms with van der Waals surface area (Å²) < 4.78 is 21.0. The number of rotatable bonds is 11. The van der Waals surface area contributed by atoms with Gasteiger partial charge in [-0.3, -0.25) is 0 Å². The van der Waals surface area contributed by atoms with Gasteiger partial charge in [0.05, 0.1) is 0 Å². The van der Waals surface area contributed by atoms with E-state index in [4.69, 9.17) is 24.1 Å². The molecule has 0 radical (unpaired) electrons. The highest BCUT2D eigenvalue weighted by Gasteiger charge is 2.49. The van der Waals surface area contributed by atoms with Crippen molar-refractivity contribution in [3.05, 3.63) is 71.8 Å². The number of carbonyl (C=O) groups excluding carboxylic acids is 3. The lowest BCUT2D eigenvalue weighted by Gasteiger charge is -2.40. The van der Waals surface area contributed by atoms with E-state index in [1.54, 1.807) is 0 Å². The number of hydrogen-bond acceptors (Lipinski definition) is 14. The molecule has 1 saturated heterocycles. The minimum absolute atomic E-state index is 0.0673. The summed E-state index contributed by atoms with van der Waals surface area (Å²) in [6.07, 6.45) is -4.56. The van der Waals surface area contributed by atoms with Crippen LogP contribution in [-0.2, 0) is 33.3 Å². The Morgan fingerprint density at radius 3 is 1.86 bits per heavy atom. The van der Waals surface area contributed by atoms with Gasteiger partial charge in [-0.05, 0) is 47.5 Å². The summed E-state index contributed by atoms with van der Waals surface area (Å²) in [7, 11) is 0. The number of carbonyl (C=O) groups is 3. The van der Waals surface area contributed by atoms with E-state index < -0.39 is 66.7 Å². The number of hydrogen-bond donors (Lipinski definition) is 7. The maximum Gasteiger partial charge on any atom is 0.333 e. The van der Waals surface area contributed by atoms with Crippen LogP contribution in [0.1, 0.15) is 17.5 Å². The van der Waals surface area contributed by atoms with Crippen LogP contribution in [0.2, 0.25) is 0 Å². The van der Waals surface area contributed by atoms with Gasteiger partial charge in [0.1, 0.15) is 24.9 Å². The molecule has 1 aliphatic heterocycles. The van der Waals surface area contributed by atoms with Crippen molar-refractivity contribution >= 4 is 30.1 Å². The van der Waals surface area contributed by atoms with E-state index in [1.807, 2.05) is 0 Å². The van der Waals surface area contributed by atoms with Crippen molar-refractivity contribution in [1.29, 1.82) is 0 Å². The van der Waals surface area contributed by atoms with Crippen LogP contribution in [0.4, 0.5) is 0 Å². The van der Waals surface area contributed by atoms with Crippen molar-refractivity contribution < 1.29 is 69.1 Å². The average molecular weight is 603 g/mol. The Hall–Kier alpha value is -4.89. The number of ether oxygens (including phenoxy) is 4. The number of esters is 3. The van der Waals surface area contributed by atoms with Gasteiger partial charge in [-0.25, -0.2) is 14.4 Å². The van der Waals surface area contributed by atoms with Crippen LogP contribution in [-0.4, -0.2) is 97.6 Å². The molecule has 0 bridgehead atoms. The number of benzene rings is 2. The third kappa shape index (κ3) is 9.05. The van der Waals surface area contributed by atoms with Crippen LogP contribution in [0, 0.1) is 0 Å². The predicted molar refractivity (Wildman–Crippen MR) is 146 cm³/mol. The number of phenolic OH excluding ortho intramolecular Hbond substituents is 4. The molecule has 0 unspecified atom stereocenters. The van der Waals surface area contributed by atoms with Gasteiger partial charge in [0.15, 0.2) is 29.1 Å². The van der Waals surface area contributed by atoms with Gasteiger partial charge in [0.25, 0.3) is 0 Å². The molecule has 5 atom stereocenters. The predicted octanol–water partition coefficient (Wildman–Crippen LogP) is 0.619. The Labute approximate surface area is 244 Å². The summed E-state index contributed by atoms with van der Waals surface area (Å²) in [6.45, 7) is 2.46. The first-order chi connectivity index (χ1) is 20.4. The standard InChI is InChI=1S/C29H30O14/c1-15(10-11-30)28(39)40-14-22-25(37)26(38)27(42-23(35)8-4-16-2-6-18(31)20(33)12-16)29(41-22)43-24(36)9-5-17-3-7-19(32)21(34)13-17/h2-9,12-13,22,25-27,29-34,37-38H,1,10-11,14H2/b8-4+,9-5+/t22-,25-,26+,27-,29+/m1/s1. The van der Waals surface area contributed by atoms with Crippen molar-refractivity contribution in [3.63, 3.8) is 0 Å². The molecule has 0 aromatic heterocycles. The van der Waals surface area contributed by atoms with Crippen molar-refractivity contribution in [3.8, 4) is 23.0 Å². The van der Waals surface area contributed by atoms with Crippen molar-refractivity contribution in [2.24, 2.45) is 0 Å². The summed E-state index contributed by atoms with van der Waals surface area (Å²) in [5.41, 5.74) is 0.529. The third-order valence-electron chi connectivity index (χ3n) is 6.03. The topological polar surface area (TPSA) is 230 Å². The fraction of sp³-hybridized carbons (Fsp3) is 0.276. The second kappa shape index (κ2) is 14.8. The average Bonchev–Trinajstić information content (AvgIpc) is 2.97. The molecule has 3 rings (SSSR count). The first-order valence-electron chi connectivity index (χ1n) is 12.7. The van der Waals surface area contributed by atoms with Gasteiger partial charge in [-0.15, -0.1) is 0 Å². The maximum absolute atomic E-state index is 12.6. The van der Waals surface area contributed by atoms with E-state index in [1.165, 1.54) is 36.4 Å². The van der Waals surface area contributed by atoms with E-state index in [0.717, 1.165) is 24.3 Å². The van der Waals surface area contributed by atoms with E-state index in [0.29, 0.717) is 11.1 Å². The first kappa shape index (κ1) is 32.6. The fourth-order valence-corrected chi connectivity index (χ4v) is 3.70. The monoisotopic (exact) mass is 602 g/mol. The van der Waals surface area contributed by atoms with E-state index >= 15 is 0 Å². The molecule has 0 amide bonds. The van der Waals surface area contributed by atoms with Crippen LogP contribution >= 0.6 is 0 Å². The molecule has 0 spiro atoms. The summed E-state index contributed by atoms with van der Waals surface area (Å²) >= 11 is 0. The van der Waals surface area contributed by atoms with Gasteiger partial charge < -0.3 is 54.7 Å². The number of aromatic hydroxyl groups is 4. The highest BCUT2D eigenvalue weighted by Crippen LogP contribution is 2.28. The third-order valence-corrected chi connectivity index (χ3v) is 6.03. The van der Waals surface area contributed by atoms with Crippen molar-refractivity contribution in [2.45, 2.75) is 37.1 Å². The highest BCUT2D eigenvalue weighted by atomic mass is 16.7. The molecule has 14 nitrogen and oxygen atoms in total. The number of aliphatic hydroxyl groups excluding tert-OH is 3. The van der Waals surface area contributed by atoms with E-state index in [-0.39, 0.29) is 30.1 Å². The molecule has 1 fully saturated rings. The summed E-state index contributed by atoms with van der Waals surface area (Å²) in [5.74, 6) is -4.69. The largest absolute Gasteiger partial charge is 0.504 e. The van der Waals surface area contributed by atoms with Gasteiger partial charge in [0, 0.05) is 30.8 Å². The number of aliphatic hydroxyl groups is 3. The quantitative estimate of drug-likeness (QED) is 0.0809. The van der Waals surface area contributed by atoms with E-state index in [2.05, 4.69) is 6.58 Å². The Balaban J connectivity index is 1.77. The Morgan fingerprint density at radius 2 is 1.35 bits per heavy atom. The lowest BCUT2D eigenvalue weighted by molar-refractivity contribution is -0.294. The maximum atomic E-state index is 12.6. The second-order valence-electron chi connectivity index (χ2n) is 9.20. The van der Waals surface area contributed by atoms with Crippen LogP contribution in [0.3, 0.4) is 0 Å². The molecule has 1 heterocycles. The van der Waals surface area contributed by atoms with Crippen LogP contribution in [0.25, 0.3) is 12.2 Å². The molecule has 230 valence electrons. The van der Waals surface area contributed by atoms with E-state index in [9.17, 15) is 45.0 Å². The number of phenols is 4. The summed E-state index contributed by atoms with van der Waals surface area (Å²) in [4.78, 5) is 37.2. The van der Waals surface area contributed by atoms with Crippen LogP contribution in [0.15, 0.2) is 60.7 Å². The lowest BCUT2D eigenvalue weighted by atomic mass is 9.99.